The van der Waals surface area contributed by atoms with Crippen molar-refractivity contribution in [1.82, 2.24) is 0 Å². The molecule has 25 heavy (non-hydrogen) atoms. The fourth-order valence-electron chi connectivity index (χ4n) is 1.77. The molecule has 0 amide bonds. The van der Waals surface area contributed by atoms with Gasteiger partial charge in [0.1, 0.15) is 27.3 Å². The molecule has 0 radical (unpaired) electrons. The molecule has 1 N–H and O–H groups in total. The van der Waals surface area contributed by atoms with Crippen LogP contribution in [0.5, 0.6) is 11.5 Å². The second-order valence-electron chi connectivity index (χ2n) is 5.47. The Morgan fingerprint density at radius 1 is 1.08 bits per heavy atom. The Morgan fingerprint density at radius 2 is 1.64 bits per heavy atom. The first kappa shape index (κ1) is 20.3. The van der Waals surface area contributed by atoms with E-state index in [4.69, 9.17) is 18.9 Å². The SMILES string of the molecule is CC(=O)OC[C@H](OC=[N+](C)C)[C@@H](COC(C)=O)Oc1ccccc1O. The van der Waals surface area contributed by atoms with Gasteiger partial charge in [-0.3, -0.25) is 9.59 Å². The van der Waals surface area contributed by atoms with Crippen LogP contribution in [0.2, 0.25) is 0 Å². The number of benzene rings is 1. The summed E-state index contributed by atoms with van der Waals surface area (Å²) in [6.07, 6.45) is -0.152. The van der Waals surface area contributed by atoms with E-state index >= 15 is 0 Å². The molecule has 1 aromatic carbocycles. The van der Waals surface area contributed by atoms with Gasteiger partial charge in [-0.1, -0.05) is 12.1 Å². The number of aromatic hydroxyl groups is 1. The number of rotatable bonds is 9. The van der Waals surface area contributed by atoms with Gasteiger partial charge in [-0.25, -0.2) is 4.58 Å². The quantitative estimate of drug-likeness (QED) is 0.305. The van der Waals surface area contributed by atoms with Crippen LogP contribution in [0.15, 0.2) is 24.3 Å². The van der Waals surface area contributed by atoms with Crippen LogP contribution in [-0.2, 0) is 23.8 Å². The van der Waals surface area contributed by atoms with Crippen molar-refractivity contribution in [2.45, 2.75) is 26.1 Å². The van der Waals surface area contributed by atoms with Gasteiger partial charge in [-0.05, 0) is 12.1 Å². The minimum Gasteiger partial charge on any atom is -0.504 e. The summed E-state index contributed by atoms with van der Waals surface area (Å²) < 4.78 is 23.0. The van der Waals surface area contributed by atoms with Gasteiger partial charge >= 0.3 is 18.3 Å². The predicted molar refractivity (Wildman–Crippen MR) is 88.8 cm³/mol. The van der Waals surface area contributed by atoms with Gasteiger partial charge in [0, 0.05) is 13.8 Å². The van der Waals surface area contributed by atoms with E-state index in [1.807, 2.05) is 0 Å². The molecular formula is C17H24NO7+. The van der Waals surface area contributed by atoms with E-state index in [2.05, 4.69) is 0 Å². The molecule has 8 heteroatoms. The number of phenolic OH excluding ortho intramolecular Hbond substituents is 1. The van der Waals surface area contributed by atoms with Crippen LogP contribution in [-0.4, -0.2) is 67.5 Å². The monoisotopic (exact) mass is 354 g/mol. The number of hydrogen-bond acceptors (Lipinski definition) is 7. The van der Waals surface area contributed by atoms with Gasteiger partial charge in [0.2, 0.25) is 0 Å². The summed E-state index contributed by atoms with van der Waals surface area (Å²) in [7, 11) is 3.52. The Morgan fingerprint density at radius 3 is 2.16 bits per heavy atom. The van der Waals surface area contributed by atoms with E-state index < -0.39 is 24.1 Å². The number of carbonyl (C=O) groups is 2. The number of para-hydroxylation sites is 2. The van der Waals surface area contributed by atoms with Crippen molar-refractivity contribution < 1.29 is 38.2 Å². The van der Waals surface area contributed by atoms with Crippen LogP contribution in [0.1, 0.15) is 13.8 Å². The van der Waals surface area contributed by atoms with Gasteiger partial charge in [0.15, 0.2) is 23.7 Å². The average molecular weight is 354 g/mol. The molecular weight excluding hydrogens is 330 g/mol. The lowest BCUT2D eigenvalue weighted by atomic mass is 10.2. The molecule has 0 spiro atoms. The highest BCUT2D eigenvalue weighted by atomic mass is 16.6. The number of hydrogen-bond donors (Lipinski definition) is 1. The van der Waals surface area contributed by atoms with Crippen molar-refractivity contribution in [2.24, 2.45) is 0 Å². The molecule has 0 saturated carbocycles. The van der Waals surface area contributed by atoms with Crippen molar-refractivity contribution in [1.29, 1.82) is 0 Å². The van der Waals surface area contributed by atoms with Gasteiger partial charge in [-0.2, -0.15) is 0 Å². The van der Waals surface area contributed by atoms with Gasteiger partial charge in [0.05, 0.1) is 0 Å². The summed E-state index contributed by atoms with van der Waals surface area (Å²) in [4.78, 5) is 22.3. The lowest BCUT2D eigenvalue weighted by Crippen LogP contribution is -2.42. The third-order valence-electron chi connectivity index (χ3n) is 2.91. The van der Waals surface area contributed by atoms with Gasteiger partial charge in [0.25, 0.3) is 0 Å². The van der Waals surface area contributed by atoms with Crippen molar-refractivity contribution in [3.8, 4) is 11.5 Å². The van der Waals surface area contributed by atoms with E-state index in [1.54, 1.807) is 36.9 Å². The van der Waals surface area contributed by atoms with Crippen LogP contribution in [0.3, 0.4) is 0 Å². The number of esters is 2. The van der Waals surface area contributed by atoms with E-state index in [0.717, 1.165) is 0 Å². The highest BCUT2D eigenvalue weighted by Crippen LogP contribution is 2.26. The summed E-state index contributed by atoms with van der Waals surface area (Å²) in [6.45, 7) is 2.29. The Bertz CT molecular complexity index is 611. The van der Waals surface area contributed by atoms with E-state index in [1.165, 1.54) is 26.3 Å². The summed E-state index contributed by atoms with van der Waals surface area (Å²) in [5.41, 5.74) is 0. The zero-order valence-electron chi connectivity index (χ0n) is 14.8. The third kappa shape index (κ3) is 8.05. The maximum Gasteiger partial charge on any atom is 0.323 e. The summed E-state index contributed by atoms with van der Waals surface area (Å²) >= 11 is 0. The van der Waals surface area contributed by atoms with E-state index in [-0.39, 0.29) is 24.7 Å². The van der Waals surface area contributed by atoms with Crippen LogP contribution < -0.4 is 4.74 Å². The highest BCUT2D eigenvalue weighted by Gasteiger charge is 2.29. The molecule has 8 nitrogen and oxygen atoms in total. The molecule has 1 rings (SSSR count). The standard InChI is InChI=1S/C17H23NO7/c1-12(19)22-9-16(24-11-18(3)4)17(10-23-13(2)20)25-15-8-6-5-7-14(15)21/h5-8,11,16-17H,9-10H2,1-4H3/p+1/t16-,17+/m0/s1. The van der Waals surface area contributed by atoms with Crippen molar-refractivity contribution in [3.63, 3.8) is 0 Å². The molecule has 2 atom stereocenters. The topological polar surface area (TPSA) is 94.3 Å². The van der Waals surface area contributed by atoms with Gasteiger partial charge in [-0.15, -0.1) is 0 Å². The third-order valence-corrected chi connectivity index (χ3v) is 2.91. The second kappa shape index (κ2) is 10.2. The van der Waals surface area contributed by atoms with Crippen LogP contribution >= 0.6 is 0 Å². The molecule has 0 heterocycles. The maximum absolute atomic E-state index is 11.2. The number of nitrogens with zero attached hydrogens (tertiary/aromatic N) is 1. The molecule has 0 aromatic heterocycles. The average Bonchev–Trinajstić information content (AvgIpc) is 2.53. The Balaban J connectivity index is 2.99. The molecule has 0 aliphatic rings. The predicted octanol–water partition coefficient (Wildman–Crippen LogP) is 0.951. The second-order valence-corrected chi connectivity index (χ2v) is 5.47. The minimum absolute atomic E-state index is 0.0712. The van der Waals surface area contributed by atoms with Crippen LogP contribution in [0.25, 0.3) is 0 Å². The molecule has 0 aliphatic heterocycles. The van der Waals surface area contributed by atoms with E-state index in [0.29, 0.717) is 0 Å². The molecule has 0 bridgehead atoms. The highest BCUT2D eigenvalue weighted by molar-refractivity contribution is 5.66. The Hall–Kier alpha value is -2.77. The number of ether oxygens (including phenoxy) is 4. The summed E-state index contributed by atoms with van der Waals surface area (Å²) in [5, 5.41) is 9.88. The summed E-state index contributed by atoms with van der Waals surface area (Å²) in [6, 6.07) is 6.36. The molecule has 138 valence electrons. The number of phenols is 1. The van der Waals surface area contributed by atoms with Gasteiger partial charge < -0.3 is 24.1 Å². The van der Waals surface area contributed by atoms with Crippen molar-refractivity contribution >= 4 is 18.3 Å². The first-order valence-corrected chi connectivity index (χ1v) is 7.66. The minimum atomic E-state index is -0.812. The zero-order chi connectivity index (χ0) is 18.8. The van der Waals surface area contributed by atoms with E-state index in [9.17, 15) is 14.7 Å². The summed E-state index contributed by atoms with van der Waals surface area (Å²) in [5.74, 6) is -0.847. The lowest BCUT2D eigenvalue weighted by molar-refractivity contribution is -0.469. The largest absolute Gasteiger partial charge is 0.504 e. The first-order valence-electron chi connectivity index (χ1n) is 7.66. The van der Waals surface area contributed by atoms with Crippen LogP contribution in [0, 0.1) is 0 Å². The fourth-order valence-corrected chi connectivity index (χ4v) is 1.77. The molecule has 1 aromatic rings. The molecule has 0 aliphatic carbocycles. The first-order chi connectivity index (χ1) is 11.8. The number of carbonyl (C=O) groups excluding carboxylic acids is 2. The molecule has 0 fully saturated rings. The van der Waals surface area contributed by atoms with Crippen LogP contribution in [0.4, 0.5) is 0 Å². The molecule has 0 unspecified atom stereocenters. The normalized spacial score (nSPS) is 12.5. The lowest BCUT2D eigenvalue weighted by Gasteiger charge is -2.26. The fraction of sp³-hybridized carbons (Fsp3) is 0.471. The Labute approximate surface area is 146 Å². The molecule has 0 saturated heterocycles. The van der Waals surface area contributed by atoms with Crippen molar-refractivity contribution in [2.75, 3.05) is 27.3 Å². The Kier molecular flexibility index (Phi) is 8.25. The maximum atomic E-state index is 11.2. The van der Waals surface area contributed by atoms with Crippen molar-refractivity contribution in [3.05, 3.63) is 24.3 Å². The zero-order valence-corrected chi connectivity index (χ0v) is 14.8. The smallest absolute Gasteiger partial charge is 0.323 e.